The van der Waals surface area contributed by atoms with Gasteiger partial charge in [0.2, 0.25) is 0 Å². The summed E-state index contributed by atoms with van der Waals surface area (Å²) in [5, 5.41) is 2.46. The van der Waals surface area contributed by atoms with Crippen molar-refractivity contribution in [3.8, 4) is 0 Å². The van der Waals surface area contributed by atoms with Crippen LogP contribution in [-0.4, -0.2) is 28.2 Å². The van der Waals surface area contributed by atoms with Crippen LogP contribution >= 0.6 is 11.6 Å². The van der Waals surface area contributed by atoms with Gasteiger partial charge < -0.3 is 4.90 Å². The van der Waals surface area contributed by atoms with Crippen molar-refractivity contribution in [2.24, 2.45) is 5.92 Å². The van der Waals surface area contributed by atoms with E-state index in [4.69, 9.17) is 11.6 Å². The average molecular weight is 220 g/mol. The average Bonchev–Trinajstić information content (AvgIpc) is 2.17. The van der Waals surface area contributed by atoms with Crippen LogP contribution in [0, 0.1) is 5.92 Å². The van der Waals surface area contributed by atoms with E-state index in [-0.39, 0.29) is 0 Å². The first-order valence-electron chi connectivity index (χ1n) is 5.19. The molecule has 0 saturated carbocycles. The molecular weight excluding hydrogens is 198 g/mol. The highest BCUT2D eigenvalue weighted by Crippen LogP contribution is 2.20. The van der Waals surface area contributed by atoms with E-state index in [0.717, 1.165) is 28.5 Å². The topological polar surface area (TPSA) is 3.24 Å². The Morgan fingerprint density at radius 3 is 2.08 bits per heavy atom. The second-order valence-electron chi connectivity index (χ2n) is 3.46. The zero-order valence-corrected chi connectivity index (χ0v) is 12.3. The van der Waals surface area contributed by atoms with Crippen LogP contribution in [0.5, 0.6) is 0 Å². The molecule has 0 N–H and O–H groups in total. The summed E-state index contributed by atoms with van der Waals surface area (Å²) in [6.07, 6.45) is 1.19. The van der Waals surface area contributed by atoms with E-state index in [0.29, 0.717) is 5.92 Å². The molecule has 78 valence electrons. The first-order valence-corrected chi connectivity index (χ1v) is 6.57. The predicted molar refractivity (Wildman–Crippen MR) is 65.2 cm³/mol. The molecule has 0 aromatic heterocycles. The van der Waals surface area contributed by atoms with E-state index >= 15 is 0 Å². The van der Waals surface area contributed by atoms with Crippen LogP contribution < -0.4 is 0 Å². The Hall–Kier alpha value is 0.0469. The summed E-state index contributed by atoms with van der Waals surface area (Å²) >= 11 is 6.31. The second kappa shape index (κ2) is 6.49. The molecule has 13 heavy (non-hydrogen) atoms. The molecule has 0 amide bonds. The lowest BCUT2D eigenvalue weighted by atomic mass is 10.1. The van der Waals surface area contributed by atoms with Crippen LogP contribution in [0.1, 0.15) is 34.1 Å². The number of nitrogens with zero attached hydrogens (tertiary/aromatic N) is 1. The van der Waals surface area contributed by atoms with Gasteiger partial charge in [0.15, 0.2) is 0 Å². The molecule has 0 spiro atoms. The molecule has 0 aromatic rings. The van der Waals surface area contributed by atoms with Crippen LogP contribution in [-0.2, 0) is 0 Å². The van der Waals surface area contributed by atoms with Gasteiger partial charge in [0.1, 0.15) is 0 Å². The molecule has 0 heterocycles. The molecule has 1 atom stereocenters. The van der Waals surface area contributed by atoms with Crippen LogP contribution in [0.15, 0.2) is 10.4 Å². The lowest BCUT2D eigenvalue weighted by molar-refractivity contribution is 0.400. The molecule has 0 bridgehead atoms. The van der Waals surface area contributed by atoms with Gasteiger partial charge in [0.05, 0.1) is 5.16 Å². The van der Waals surface area contributed by atoms with Crippen molar-refractivity contribution in [1.29, 1.82) is 0 Å². The van der Waals surface area contributed by atoms with Crippen LogP contribution in [0.2, 0.25) is 0 Å². The Labute approximate surface area is 90.6 Å². The molecular formula is C10H22ClNSi. The fourth-order valence-corrected chi connectivity index (χ4v) is 2.41. The van der Waals surface area contributed by atoms with Crippen molar-refractivity contribution < 1.29 is 0 Å². The minimum Gasteiger partial charge on any atom is -0.363 e. The van der Waals surface area contributed by atoms with E-state index in [1.54, 1.807) is 0 Å². The quantitative estimate of drug-likeness (QED) is 0.506. The Morgan fingerprint density at radius 2 is 1.77 bits per heavy atom. The van der Waals surface area contributed by atoms with E-state index < -0.39 is 0 Å². The molecule has 1 nitrogen and oxygen atoms in total. The van der Waals surface area contributed by atoms with Gasteiger partial charge >= 0.3 is 0 Å². The van der Waals surface area contributed by atoms with Crippen molar-refractivity contribution in [1.82, 2.24) is 4.90 Å². The fraction of sp³-hybridized carbons (Fsp3) is 0.800. The van der Waals surface area contributed by atoms with Gasteiger partial charge in [0, 0.05) is 23.3 Å². The molecule has 0 rings (SSSR count). The van der Waals surface area contributed by atoms with Crippen molar-refractivity contribution in [2.75, 3.05) is 13.1 Å². The summed E-state index contributed by atoms with van der Waals surface area (Å²) < 4.78 is 0. The minimum absolute atomic E-state index is 0.653. The van der Waals surface area contributed by atoms with Gasteiger partial charge in [-0.05, 0) is 19.8 Å². The Bertz CT molecular complexity index is 176. The summed E-state index contributed by atoms with van der Waals surface area (Å²) in [6, 6.07) is 0. The van der Waals surface area contributed by atoms with Gasteiger partial charge in [-0.25, -0.2) is 0 Å². The minimum atomic E-state index is 0.653. The van der Waals surface area contributed by atoms with Gasteiger partial charge in [-0.3, -0.25) is 0 Å². The van der Waals surface area contributed by atoms with Crippen molar-refractivity contribution in [2.45, 2.75) is 34.1 Å². The first-order chi connectivity index (χ1) is 6.08. The molecule has 0 fully saturated rings. The summed E-state index contributed by atoms with van der Waals surface area (Å²) in [5.41, 5.74) is 0. The van der Waals surface area contributed by atoms with Gasteiger partial charge in [-0.1, -0.05) is 37.1 Å². The molecule has 3 heteroatoms. The summed E-state index contributed by atoms with van der Waals surface area (Å²) in [7, 11) is 1.08. The summed E-state index contributed by atoms with van der Waals surface area (Å²) in [5.74, 6) is 0.653. The highest BCUT2D eigenvalue weighted by atomic mass is 35.5. The largest absolute Gasteiger partial charge is 0.363 e. The molecule has 0 aliphatic rings. The zero-order valence-electron chi connectivity index (χ0n) is 9.52. The van der Waals surface area contributed by atoms with Crippen molar-refractivity contribution in [3.63, 3.8) is 0 Å². The Kier molecular flexibility index (Phi) is 6.52. The lowest BCUT2D eigenvalue weighted by Gasteiger charge is -2.24. The maximum atomic E-state index is 6.31. The number of hydrogen-bond donors (Lipinski definition) is 0. The molecule has 0 aliphatic heterocycles. The zero-order chi connectivity index (χ0) is 10.4. The van der Waals surface area contributed by atoms with Crippen LogP contribution in [0.3, 0.4) is 0 Å². The maximum absolute atomic E-state index is 6.31. The normalized spacial score (nSPS) is 15.5. The van der Waals surface area contributed by atoms with Crippen molar-refractivity contribution >= 4 is 21.8 Å². The maximum Gasteiger partial charge on any atom is 0.0988 e. The standard InChI is InChI=1S/C10H22ClNSi/c1-5-8(4)9(13)10(11)12(6-2)7-3/h8H,5-7H2,1-4,13H3. The van der Waals surface area contributed by atoms with E-state index in [1.165, 1.54) is 11.6 Å². The van der Waals surface area contributed by atoms with E-state index in [1.807, 2.05) is 0 Å². The predicted octanol–water partition coefficient (Wildman–Crippen LogP) is 2.15. The molecule has 0 aromatic carbocycles. The summed E-state index contributed by atoms with van der Waals surface area (Å²) in [6.45, 7) is 10.8. The van der Waals surface area contributed by atoms with Crippen LogP contribution in [0.25, 0.3) is 0 Å². The van der Waals surface area contributed by atoms with Gasteiger partial charge in [-0.2, -0.15) is 0 Å². The molecule has 0 radical (unpaired) electrons. The third-order valence-electron chi connectivity index (χ3n) is 2.72. The lowest BCUT2D eigenvalue weighted by Crippen LogP contribution is -2.22. The third kappa shape index (κ3) is 3.73. The smallest absolute Gasteiger partial charge is 0.0988 e. The highest BCUT2D eigenvalue weighted by Gasteiger charge is 2.10. The second-order valence-corrected chi connectivity index (χ2v) is 4.89. The highest BCUT2D eigenvalue weighted by molar-refractivity contribution is 6.35. The first kappa shape index (κ1) is 13.0. The van der Waals surface area contributed by atoms with E-state index in [9.17, 15) is 0 Å². The fourth-order valence-electron chi connectivity index (χ4n) is 1.26. The summed E-state index contributed by atoms with van der Waals surface area (Å²) in [4.78, 5) is 2.23. The molecule has 0 saturated heterocycles. The Morgan fingerprint density at radius 1 is 1.31 bits per heavy atom. The number of hydrogen-bond acceptors (Lipinski definition) is 1. The SMILES string of the molecule is CCC(C)C([SiH3])=C(Cl)N(CC)CC. The number of halogens is 1. The van der Waals surface area contributed by atoms with Crippen molar-refractivity contribution in [3.05, 3.63) is 10.4 Å². The Balaban J connectivity index is 4.56. The van der Waals surface area contributed by atoms with Crippen LogP contribution in [0.4, 0.5) is 0 Å². The van der Waals surface area contributed by atoms with Gasteiger partial charge in [-0.15, -0.1) is 0 Å². The molecule has 1 unspecified atom stereocenters. The van der Waals surface area contributed by atoms with E-state index in [2.05, 4.69) is 32.6 Å². The number of rotatable bonds is 5. The van der Waals surface area contributed by atoms with Gasteiger partial charge in [0.25, 0.3) is 0 Å². The number of allylic oxidation sites excluding steroid dienone is 1. The monoisotopic (exact) mass is 219 g/mol. The molecule has 0 aliphatic carbocycles. The third-order valence-corrected chi connectivity index (χ3v) is 5.03.